The first-order valence-corrected chi connectivity index (χ1v) is 9.34. The predicted octanol–water partition coefficient (Wildman–Crippen LogP) is 2.95. The molecule has 0 aliphatic heterocycles. The fourth-order valence-electron chi connectivity index (χ4n) is 2.74. The van der Waals surface area contributed by atoms with E-state index < -0.39 is 4.92 Å². The average molecular weight is 409 g/mol. The number of hydrogen-bond donors (Lipinski definition) is 1. The molecule has 3 heterocycles. The minimum absolute atomic E-state index is 0.161. The van der Waals surface area contributed by atoms with Gasteiger partial charge in [-0.2, -0.15) is 4.68 Å². The van der Waals surface area contributed by atoms with E-state index in [-0.39, 0.29) is 18.3 Å². The summed E-state index contributed by atoms with van der Waals surface area (Å²) in [5.74, 6) is 0.0442. The van der Waals surface area contributed by atoms with Crippen molar-refractivity contribution < 1.29 is 9.72 Å². The van der Waals surface area contributed by atoms with Crippen LogP contribution in [0.2, 0.25) is 0 Å². The zero-order valence-electron chi connectivity index (χ0n) is 15.2. The lowest BCUT2D eigenvalue weighted by atomic mass is 10.1. The van der Waals surface area contributed by atoms with E-state index in [1.54, 1.807) is 6.20 Å². The minimum atomic E-state index is -0.611. The van der Waals surface area contributed by atoms with Gasteiger partial charge < -0.3 is 20.0 Å². The predicted molar refractivity (Wildman–Crippen MR) is 107 cm³/mol. The smallest absolute Gasteiger partial charge is 0.358 e. The lowest BCUT2D eigenvalue weighted by molar-refractivity contribution is -0.389. The van der Waals surface area contributed by atoms with Crippen LogP contribution in [0.4, 0.5) is 10.9 Å². The SMILES string of the molecule is Cn1ccnc1-c1sc(NC(=O)Cn2ccc([N+](=O)[O-])n2)nc1-c1ccccc1. The van der Waals surface area contributed by atoms with Gasteiger partial charge in [0.05, 0.1) is 27.9 Å². The van der Waals surface area contributed by atoms with Crippen LogP contribution in [0.5, 0.6) is 0 Å². The number of aromatic nitrogens is 5. The number of amides is 1. The van der Waals surface area contributed by atoms with Crippen molar-refractivity contribution in [2.45, 2.75) is 6.54 Å². The van der Waals surface area contributed by atoms with Gasteiger partial charge in [-0.25, -0.2) is 9.97 Å². The lowest BCUT2D eigenvalue weighted by Crippen LogP contribution is -2.19. The molecule has 0 saturated carbocycles. The Hall–Kier alpha value is -3.86. The average Bonchev–Trinajstić information content (AvgIpc) is 3.42. The largest absolute Gasteiger partial charge is 0.389 e. The van der Waals surface area contributed by atoms with Gasteiger partial charge in [-0.1, -0.05) is 41.7 Å². The molecule has 29 heavy (non-hydrogen) atoms. The van der Waals surface area contributed by atoms with Crippen LogP contribution in [0, 0.1) is 10.1 Å². The molecule has 11 heteroatoms. The van der Waals surface area contributed by atoms with E-state index in [9.17, 15) is 14.9 Å². The van der Waals surface area contributed by atoms with Gasteiger partial charge >= 0.3 is 5.82 Å². The van der Waals surface area contributed by atoms with Gasteiger partial charge in [-0.15, -0.1) is 0 Å². The van der Waals surface area contributed by atoms with Crippen molar-refractivity contribution in [2.75, 3.05) is 5.32 Å². The third-order valence-electron chi connectivity index (χ3n) is 4.06. The molecule has 0 fully saturated rings. The molecule has 1 N–H and O–H groups in total. The number of nitrogens with one attached hydrogen (secondary N) is 1. The summed E-state index contributed by atoms with van der Waals surface area (Å²) in [6.07, 6.45) is 4.92. The molecule has 0 aliphatic rings. The highest BCUT2D eigenvalue weighted by atomic mass is 32.1. The van der Waals surface area contributed by atoms with Crippen LogP contribution in [-0.4, -0.2) is 35.1 Å². The molecular weight excluding hydrogens is 394 g/mol. The lowest BCUT2D eigenvalue weighted by Gasteiger charge is -2.02. The van der Waals surface area contributed by atoms with Gasteiger partial charge in [0.15, 0.2) is 11.0 Å². The van der Waals surface area contributed by atoms with Gasteiger partial charge in [-0.3, -0.25) is 4.79 Å². The molecule has 3 aromatic heterocycles. The van der Waals surface area contributed by atoms with Gasteiger partial charge in [0.1, 0.15) is 6.54 Å². The molecule has 10 nitrogen and oxygen atoms in total. The molecule has 0 atom stereocenters. The quantitative estimate of drug-likeness (QED) is 0.386. The number of rotatable bonds is 6. The van der Waals surface area contributed by atoms with Crippen LogP contribution in [-0.2, 0) is 18.4 Å². The highest BCUT2D eigenvalue weighted by Crippen LogP contribution is 2.38. The van der Waals surface area contributed by atoms with Gasteiger partial charge in [0.2, 0.25) is 5.91 Å². The summed E-state index contributed by atoms with van der Waals surface area (Å²) in [6.45, 7) is -0.161. The van der Waals surface area contributed by atoms with Crippen molar-refractivity contribution in [2.24, 2.45) is 7.05 Å². The molecule has 0 spiro atoms. The summed E-state index contributed by atoms with van der Waals surface area (Å²) >= 11 is 1.31. The number of hydrogen-bond acceptors (Lipinski definition) is 7. The Kier molecular flexibility index (Phi) is 4.87. The molecule has 1 aromatic carbocycles. The van der Waals surface area contributed by atoms with Crippen LogP contribution in [0.1, 0.15) is 0 Å². The van der Waals surface area contributed by atoms with Gasteiger partial charge in [0.25, 0.3) is 0 Å². The number of benzene rings is 1. The Balaban J connectivity index is 1.60. The Morgan fingerprint density at radius 1 is 1.24 bits per heavy atom. The number of nitro groups is 1. The third kappa shape index (κ3) is 3.89. The summed E-state index contributed by atoms with van der Waals surface area (Å²) in [7, 11) is 1.89. The van der Waals surface area contributed by atoms with E-state index in [0.29, 0.717) is 5.13 Å². The maximum absolute atomic E-state index is 12.4. The molecule has 0 saturated heterocycles. The topological polar surface area (TPSA) is 121 Å². The fourth-order valence-corrected chi connectivity index (χ4v) is 3.79. The molecule has 4 aromatic rings. The second-order valence-electron chi connectivity index (χ2n) is 6.10. The van der Waals surface area contributed by atoms with Gasteiger partial charge in [0, 0.05) is 25.0 Å². The Morgan fingerprint density at radius 3 is 2.69 bits per heavy atom. The van der Waals surface area contributed by atoms with E-state index >= 15 is 0 Å². The summed E-state index contributed by atoms with van der Waals surface area (Å²) < 4.78 is 3.09. The van der Waals surface area contributed by atoms with Crippen LogP contribution in [0.3, 0.4) is 0 Å². The second-order valence-corrected chi connectivity index (χ2v) is 7.10. The first kappa shape index (κ1) is 18.5. The molecule has 4 rings (SSSR count). The van der Waals surface area contributed by atoms with Crippen LogP contribution >= 0.6 is 11.3 Å². The fraction of sp³-hybridized carbons (Fsp3) is 0.111. The van der Waals surface area contributed by atoms with E-state index in [1.165, 1.54) is 28.3 Å². The van der Waals surface area contributed by atoms with Crippen molar-refractivity contribution in [3.8, 4) is 22.0 Å². The molecule has 146 valence electrons. The van der Waals surface area contributed by atoms with E-state index in [4.69, 9.17) is 0 Å². The van der Waals surface area contributed by atoms with Crippen molar-refractivity contribution in [3.05, 3.63) is 65.1 Å². The Morgan fingerprint density at radius 2 is 2.03 bits per heavy atom. The molecule has 0 unspecified atom stereocenters. The first-order chi connectivity index (χ1) is 14.0. The monoisotopic (exact) mass is 409 g/mol. The number of imidazole rings is 1. The Bertz CT molecular complexity index is 1180. The molecule has 0 radical (unpaired) electrons. The number of carbonyl (C=O) groups is 1. The summed E-state index contributed by atoms with van der Waals surface area (Å²) in [6, 6.07) is 10.9. The van der Waals surface area contributed by atoms with E-state index in [0.717, 1.165) is 22.0 Å². The van der Waals surface area contributed by atoms with Crippen molar-refractivity contribution in [3.63, 3.8) is 0 Å². The van der Waals surface area contributed by atoms with Crippen LogP contribution in [0.25, 0.3) is 22.0 Å². The standard InChI is InChI=1S/C18H15N7O3S/c1-23-10-8-19-17(23)16-15(12-5-3-2-4-6-12)21-18(29-16)20-14(26)11-24-9-7-13(22-24)25(27)28/h2-10H,11H2,1H3,(H,20,21,26). The van der Waals surface area contributed by atoms with E-state index in [1.807, 2.05) is 48.1 Å². The molecule has 1 amide bonds. The Labute approximate surface area is 168 Å². The molecular formula is C18H15N7O3S. The van der Waals surface area contributed by atoms with Crippen LogP contribution < -0.4 is 5.32 Å². The number of carbonyl (C=O) groups excluding carboxylic acids is 1. The highest BCUT2D eigenvalue weighted by Gasteiger charge is 2.20. The van der Waals surface area contributed by atoms with E-state index in [2.05, 4.69) is 20.4 Å². The zero-order chi connectivity index (χ0) is 20.4. The summed E-state index contributed by atoms with van der Waals surface area (Å²) in [4.78, 5) is 32.3. The zero-order valence-corrected chi connectivity index (χ0v) is 16.0. The number of aryl methyl sites for hydroxylation is 1. The minimum Gasteiger partial charge on any atom is -0.358 e. The van der Waals surface area contributed by atoms with Gasteiger partial charge in [-0.05, 0) is 4.92 Å². The third-order valence-corrected chi connectivity index (χ3v) is 5.03. The highest BCUT2D eigenvalue weighted by molar-refractivity contribution is 7.19. The first-order valence-electron chi connectivity index (χ1n) is 8.53. The molecule has 0 bridgehead atoms. The number of thiazole rings is 1. The van der Waals surface area contributed by atoms with Crippen molar-refractivity contribution in [1.82, 2.24) is 24.3 Å². The summed E-state index contributed by atoms with van der Waals surface area (Å²) in [5, 5.41) is 17.6. The van der Waals surface area contributed by atoms with Crippen molar-refractivity contribution in [1.29, 1.82) is 0 Å². The second kappa shape index (κ2) is 7.64. The van der Waals surface area contributed by atoms with Crippen molar-refractivity contribution >= 4 is 28.2 Å². The summed E-state index contributed by atoms with van der Waals surface area (Å²) in [5.41, 5.74) is 1.62. The maximum atomic E-state index is 12.4. The number of nitrogens with zero attached hydrogens (tertiary/aromatic N) is 6. The molecule has 0 aliphatic carbocycles. The normalized spacial score (nSPS) is 10.8. The number of anilines is 1. The maximum Gasteiger partial charge on any atom is 0.389 e. The van der Waals surface area contributed by atoms with Crippen LogP contribution in [0.15, 0.2) is 55.0 Å².